The van der Waals surface area contributed by atoms with E-state index in [-0.39, 0.29) is 17.9 Å². The molecule has 0 saturated carbocycles. The van der Waals surface area contributed by atoms with Crippen molar-refractivity contribution in [3.63, 3.8) is 0 Å². The molecule has 0 aromatic heterocycles. The molecule has 1 aliphatic heterocycles. The molecule has 1 aromatic carbocycles. The highest BCUT2D eigenvalue weighted by Crippen LogP contribution is 2.26. The summed E-state index contributed by atoms with van der Waals surface area (Å²) in [5.41, 5.74) is 0.370. The van der Waals surface area contributed by atoms with Crippen LogP contribution in [0.5, 0.6) is 0 Å². The quantitative estimate of drug-likeness (QED) is 0.589. The van der Waals surface area contributed by atoms with Crippen LogP contribution in [-0.4, -0.2) is 43.7 Å². The standard InChI is InChI=1S/C15H17F2NO5S2/c1-9(23-14(20)10-6-7-25(21,22)8-10)13(19)18-11-2-4-12(5-3-11)24-15(16)17/h2-5,9-10,15H,6-8H2,1H3,(H,18,19)/t9-,10-/m1/s1. The van der Waals surface area contributed by atoms with Crippen LogP contribution in [0.3, 0.4) is 0 Å². The van der Waals surface area contributed by atoms with Gasteiger partial charge in [0.05, 0.1) is 17.4 Å². The number of hydrogen-bond donors (Lipinski definition) is 1. The number of esters is 1. The van der Waals surface area contributed by atoms with Crippen molar-refractivity contribution in [1.82, 2.24) is 0 Å². The Morgan fingerprint density at radius 1 is 1.28 bits per heavy atom. The molecule has 1 fully saturated rings. The van der Waals surface area contributed by atoms with Crippen LogP contribution in [0.2, 0.25) is 0 Å². The summed E-state index contributed by atoms with van der Waals surface area (Å²) in [6.45, 7) is 1.37. The van der Waals surface area contributed by atoms with Gasteiger partial charge in [-0.15, -0.1) is 0 Å². The summed E-state index contributed by atoms with van der Waals surface area (Å²) in [6, 6.07) is 5.79. The monoisotopic (exact) mass is 393 g/mol. The van der Waals surface area contributed by atoms with Crippen molar-refractivity contribution in [2.24, 2.45) is 5.92 Å². The number of rotatable bonds is 6. The third-order valence-electron chi connectivity index (χ3n) is 3.57. The van der Waals surface area contributed by atoms with Crippen LogP contribution in [0.25, 0.3) is 0 Å². The van der Waals surface area contributed by atoms with Crippen molar-refractivity contribution >= 4 is 39.2 Å². The predicted octanol–water partition coefficient (Wildman–Crippen LogP) is 2.31. The number of hydrogen-bond acceptors (Lipinski definition) is 6. The fourth-order valence-electron chi connectivity index (χ4n) is 2.27. The Hall–Kier alpha value is -1.68. The van der Waals surface area contributed by atoms with Gasteiger partial charge in [-0.05, 0) is 37.6 Å². The highest BCUT2D eigenvalue weighted by atomic mass is 32.2. The molecule has 1 heterocycles. The lowest BCUT2D eigenvalue weighted by Gasteiger charge is -2.15. The highest BCUT2D eigenvalue weighted by Gasteiger charge is 2.35. The number of thioether (sulfide) groups is 1. The molecule has 2 atom stereocenters. The number of ether oxygens (including phenoxy) is 1. The number of amides is 1. The maximum absolute atomic E-state index is 12.2. The van der Waals surface area contributed by atoms with Crippen molar-refractivity contribution in [1.29, 1.82) is 0 Å². The van der Waals surface area contributed by atoms with E-state index in [9.17, 15) is 26.8 Å². The molecule has 25 heavy (non-hydrogen) atoms. The van der Waals surface area contributed by atoms with Gasteiger partial charge < -0.3 is 10.1 Å². The van der Waals surface area contributed by atoms with Crippen LogP contribution in [0, 0.1) is 5.92 Å². The molecular formula is C15H17F2NO5S2. The van der Waals surface area contributed by atoms with Gasteiger partial charge in [0.15, 0.2) is 15.9 Å². The molecule has 0 aliphatic carbocycles. The first kappa shape index (κ1) is 19.6. The number of carbonyl (C=O) groups is 2. The summed E-state index contributed by atoms with van der Waals surface area (Å²) >= 11 is 0.390. The number of halogens is 2. The zero-order valence-corrected chi connectivity index (χ0v) is 14.9. The molecule has 138 valence electrons. The Morgan fingerprint density at radius 2 is 1.92 bits per heavy atom. The molecule has 0 radical (unpaired) electrons. The first-order chi connectivity index (χ1) is 11.7. The van der Waals surface area contributed by atoms with Gasteiger partial charge in [0.2, 0.25) is 0 Å². The third kappa shape index (κ3) is 5.96. The van der Waals surface area contributed by atoms with E-state index in [2.05, 4.69) is 5.32 Å². The largest absolute Gasteiger partial charge is 0.452 e. The minimum atomic E-state index is -3.21. The summed E-state index contributed by atoms with van der Waals surface area (Å²) < 4.78 is 52.2. The average molecular weight is 393 g/mol. The van der Waals surface area contributed by atoms with E-state index >= 15 is 0 Å². The molecule has 2 rings (SSSR count). The SMILES string of the molecule is C[C@@H](OC(=O)[C@@H]1CCS(=O)(=O)C1)C(=O)Nc1ccc(SC(F)F)cc1. The molecular weight excluding hydrogens is 376 g/mol. The number of carbonyl (C=O) groups excluding carboxylic acids is 2. The molecule has 1 saturated heterocycles. The zero-order chi connectivity index (χ0) is 18.6. The molecule has 0 spiro atoms. The predicted molar refractivity (Wildman–Crippen MR) is 89.2 cm³/mol. The van der Waals surface area contributed by atoms with Crippen molar-refractivity contribution < 1.29 is 31.5 Å². The maximum atomic E-state index is 12.2. The number of alkyl halides is 2. The van der Waals surface area contributed by atoms with Crippen LogP contribution in [0.15, 0.2) is 29.2 Å². The molecule has 1 amide bonds. The van der Waals surface area contributed by atoms with E-state index in [0.717, 1.165) is 0 Å². The number of nitrogens with one attached hydrogen (secondary N) is 1. The minimum Gasteiger partial charge on any atom is -0.452 e. The van der Waals surface area contributed by atoms with Gasteiger partial charge >= 0.3 is 5.97 Å². The molecule has 0 bridgehead atoms. The molecule has 6 nitrogen and oxygen atoms in total. The summed E-state index contributed by atoms with van der Waals surface area (Å²) in [7, 11) is -3.21. The van der Waals surface area contributed by atoms with Crippen molar-refractivity contribution in [2.75, 3.05) is 16.8 Å². The van der Waals surface area contributed by atoms with E-state index in [1.54, 1.807) is 0 Å². The van der Waals surface area contributed by atoms with E-state index in [1.807, 2.05) is 0 Å². The minimum absolute atomic E-state index is 0.0592. The van der Waals surface area contributed by atoms with E-state index in [0.29, 0.717) is 22.3 Å². The Balaban J connectivity index is 1.86. The first-order valence-electron chi connectivity index (χ1n) is 7.43. The van der Waals surface area contributed by atoms with Crippen LogP contribution < -0.4 is 5.32 Å². The Morgan fingerprint density at radius 3 is 2.44 bits per heavy atom. The lowest BCUT2D eigenvalue weighted by atomic mass is 10.1. The van der Waals surface area contributed by atoms with Crippen LogP contribution in [0.4, 0.5) is 14.5 Å². The smallest absolute Gasteiger partial charge is 0.310 e. The Bertz CT molecular complexity index is 737. The molecule has 10 heteroatoms. The highest BCUT2D eigenvalue weighted by molar-refractivity contribution is 7.99. The van der Waals surface area contributed by atoms with Crippen LogP contribution >= 0.6 is 11.8 Å². The van der Waals surface area contributed by atoms with Gasteiger partial charge in [0.25, 0.3) is 11.7 Å². The van der Waals surface area contributed by atoms with Gasteiger partial charge in [-0.3, -0.25) is 9.59 Å². The summed E-state index contributed by atoms with van der Waals surface area (Å²) in [5.74, 6) is -4.90. The second-order valence-corrected chi connectivity index (χ2v) is 8.86. The molecule has 1 N–H and O–H groups in total. The second kappa shape index (κ2) is 8.13. The van der Waals surface area contributed by atoms with Crippen molar-refractivity contribution in [3.8, 4) is 0 Å². The average Bonchev–Trinajstić information content (AvgIpc) is 2.89. The van der Waals surface area contributed by atoms with E-state index in [4.69, 9.17) is 4.74 Å². The van der Waals surface area contributed by atoms with E-state index < -0.39 is 39.5 Å². The van der Waals surface area contributed by atoms with Gasteiger partial charge in [-0.25, -0.2) is 8.42 Å². The Labute approximate surface area is 148 Å². The fraction of sp³-hybridized carbons (Fsp3) is 0.467. The first-order valence-corrected chi connectivity index (χ1v) is 10.1. The normalized spacial score (nSPS) is 20.2. The fourth-order valence-corrected chi connectivity index (χ4v) is 4.49. The number of sulfone groups is 1. The van der Waals surface area contributed by atoms with Crippen molar-refractivity contribution in [3.05, 3.63) is 24.3 Å². The van der Waals surface area contributed by atoms with Gasteiger partial charge in [-0.2, -0.15) is 8.78 Å². The summed E-state index contributed by atoms with van der Waals surface area (Å²) in [5, 5.41) is 2.50. The van der Waals surface area contributed by atoms with Crippen LogP contribution in [-0.2, 0) is 24.2 Å². The molecule has 1 aromatic rings. The topological polar surface area (TPSA) is 89.5 Å². The van der Waals surface area contributed by atoms with E-state index in [1.165, 1.54) is 31.2 Å². The van der Waals surface area contributed by atoms with Gasteiger partial charge in [0.1, 0.15) is 0 Å². The van der Waals surface area contributed by atoms with Crippen molar-refractivity contribution in [2.45, 2.75) is 30.1 Å². The maximum Gasteiger partial charge on any atom is 0.310 e. The summed E-state index contributed by atoms with van der Waals surface area (Å²) in [4.78, 5) is 24.3. The number of benzene rings is 1. The zero-order valence-electron chi connectivity index (χ0n) is 13.3. The van der Waals surface area contributed by atoms with Crippen LogP contribution in [0.1, 0.15) is 13.3 Å². The second-order valence-electron chi connectivity index (χ2n) is 5.57. The molecule has 1 aliphatic rings. The number of anilines is 1. The summed E-state index contributed by atoms with van der Waals surface area (Å²) in [6.07, 6.45) is -0.912. The lowest BCUT2D eigenvalue weighted by molar-refractivity contribution is -0.156. The molecule has 0 unspecified atom stereocenters. The Kier molecular flexibility index (Phi) is 6.39. The third-order valence-corrected chi connectivity index (χ3v) is 6.07. The lowest BCUT2D eigenvalue weighted by Crippen LogP contribution is -2.32. The van der Waals surface area contributed by atoms with Gasteiger partial charge in [-0.1, -0.05) is 11.8 Å². The van der Waals surface area contributed by atoms with Gasteiger partial charge in [0, 0.05) is 10.6 Å².